The number of ether oxygens (including phenoxy) is 1. The summed E-state index contributed by atoms with van der Waals surface area (Å²) in [6.45, 7) is 0.0102. The molecule has 1 aromatic heterocycles. The van der Waals surface area contributed by atoms with Gasteiger partial charge in [-0.3, -0.25) is 0 Å². The van der Waals surface area contributed by atoms with Crippen LogP contribution in [0, 0.1) is 0 Å². The third-order valence-electron chi connectivity index (χ3n) is 3.17. The van der Waals surface area contributed by atoms with Crippen LogP contribution in [-0.2, 0) is 21.2 Å². The number of hydrogen-bond acceptors (Lipinski definition) is 6. The van der Waals surface area contributed by atoms with E-state index >= 15 is 0 Å². The molecule has 0 unspecified atom stereocenters. The van der Waals surface area contributed by atoms with E-state index in [0.717, 1.165) is 16.5 Å². The van der Waals surface area contributed by atoms with Crippen LogP contribution in [0.4, 0.5) is 0 Å². The molecule has 0 bridgehead atoms. The van der Waals surface area contributed by atoms with Crippen LogP contribution in [0.2, 0.25) is 0 Å². The molecule has 3 rings (SSSR count). The van der Waals surface area contributed by atoms with Crippen LogP contribution >= 0.6 is 11.3 Å². The molecule has 118 valence electrons. The number of esters is 1. The van der Waals surface area contributed by atoms with Gasteiger partial charge in [-0.15, -0.1) is 11.3 Å². The Hall–Kier alpha value is -2.25. The summed E-state index contributed by atoms with van der Waals surface area (Å²) in [6, 6.07) is 13.6. The Labute approximate surface area is 137 Å². The molecule has 1 heterocycles. The first kappa shape index (κ1) is 15.6. The van der Waals surface area contributed by atoms with E-state index in [0.29, 0.717) is 5.01 Å². The fourth-order valence-electron chi connectivity index (χ4n) is 2.15. The SMILES string of the molecule is CS(=O)(=O)c1ccccc1C(=O)OCc1nc2ccccc2s1. The number of fused-ring (bicyclic) bond motifs is 1. The van der Waals surface area contributed by atoms with Crippen molar-refractivity contribution in [2.24, 2.45) is 0 Å². The van der Waals surface area contributed by atoms with Crippen molar-refractivity contribution in [2.75, 3.05) is 6.26 Å². The maximum absolute atomic E-state index is 12.2. The Morgan fingerprint density at radius 1 is 1.13 bits per heavy atom. The molecule has 0 N–H and O–H groups in total. The van der Waals surface area contributed by atoms with E-state index in [-0.39, 0.29) is 17.1 Å². The molecule has 3 aromatic rings. The van der Waals surface area contributed by atoms with Crippen LogP contribution in [-0.4, -0.2) is 25.6 Å². The molecule has 0 fully saturated rings. The summed E-state index contributed by atoms with van der Waals surface area (Å²) < 4.78 is 29.7. The van der Waals surface area contributed by atoms with E-state index in [1.807, 2.05) is 24.3 Å². The van der Waals surface area contributed by atoms with E-state index in [2.05, 4.69) is 4.98 Å². The van der Waals surface area contributed by atoms with Gasteiger partial charge in [-0.1, -0.05) is 24.3 Å². The Morgan fingerprint density at radius 2 is 1.83 bits per heavy atom. The maximum atomic E-state index is 12.2. The fraction of sp³-hybridized carbons (Fsp3) is 0.125. The van der Waals surface area contributed by atoms with Crippen molar-refractivity contribution >= 4 is 37.4 Å². The first-order valence-corrected chi connectivity index (χ1v) is 9.46. The second-order valence-corrected chi connectivity index (χ2v) is 8.02. The second-order valence-electron chi connectivity index (χ2n) is 4.92. The summed E-state index contributed by atoms with van der Waals surface area (Å²) in [5, 5.41) is 0.663. The summed E-state index contributed by atoms with van der Waals surface area (Å²) in [4.78, 5) is 16.5. The minimum Gasteiger partial charge on any atom is -0.455 e. The smallest absolute Gasteiger partial charge is 0.339 e. The van der Waals surface area contributed by atoms with Crippen molar-refractivity contribution < 1.29 is 17.9 Å². The number of benzene rings is 2. The van der Waals surface area contributed by atoms with Crippen LogP contribution in [0.5, 0.6) is 0 Å². The van der Waals surface area contributed by atoms with Crippen molar-refractivity contribution in [3.8, 4) is 0 Å². The highest BCUT2D eigenvalue weighted by Crippen LogP contribution is 2.23. The van der Waals surface area contributed by atoms with Crippen molar-refractivity contribution in [1.29, 1.82) is 0 Å². The van der Waals surface area contributed by atoms with Crippen molar-refractivity contribution in [1.82, 2.24) is 4.98 Å². The van der Waals surface area contributed by atoms with Crippen molar-refractivity contribution in [3.05, 3.63) is 59.1 Å². The van der Waals surface area contributed by atoms with Gasteiger partial charge < -0.3 is 4.74 Å². The van der Waals surface area contributed by atoms with Gasteiger partial charge in [0.05, 0.1) is 20.7 Å². The third kappa shape index (κ3) is 3.40. The van der Waals surface area contributed by atoms with Gasteiger partial charge in [0.15, 0.2) is 9.84 Å². The van der Waals surface area contributed by atoms with Gasteiger partial charge in [-0.25, -0.2) is 18.2 Å². The molecule has 7 heteroatoms. The van der Waals surface area contributed by atoms with Crippen LogP contribution in [0.1, 0.15) is 15.4 Å². The monoisotopic (exact) mass is 347 g/mol. The predicted molar refractivity (Wildman–Crippen MR) is 88.3 cm³/mol. The number of thiazole rings is 1. The molecule has 0 spiro atoms. The molecule has 0 amide bonds. The van der Waals surface area contributed by atoms with Gasteiger partial charge in [-0.05, 0) is 24.3 Å². The second kappa shape index (κ2) is 6.10. The van der Waals surface area contributed by atoms with Crippen LogP contribution in [0.25, 0.3) is 10.2 Å². The van der Waals surface area contributed by atoms with E-state index in [9.17, 15) is 13.2 Å². The number of aromatic nitrogens is 1. The average molecular weight is 347 g/mol. The lowest BCUT2D eigenvalue weighted by atomic mass is 10.2. The average Bonchev–Trinajstić information content (AvgIpc) is 2.94. The Bertz CT molecular complexity index is 943. The number of sulfone groups is 1. The van der Waals surface area contributed by atoms with Gasteiger partial charge in [-0.2, -0.15) is 0 Å². The molecule has 5 nitrogen and oxygen atoms in total. The highest BCUT2D eigenvalue weighted by atomic mass is 32.2. The van der Waals surface area contributed by atoms with Gasteiger partial charge >= 0.3 is 5.97 Å². The lowest BCUT2D eigenvalue weighted by Crippen LogP contribution is -2.11. The molecule has 0 saturated carbocycles. The molecule has 0 aliphatic heterocycles. The van der Waals surface area contributed by atoms with Crippen LogP contribution < -0.4 is 0 Å². The topological polar surface area (TPSA) is 73.3 Å². The minimum absolute atomic E-state index is 0.0102. The largest absolute Gasteiger partial charge is 0.455 e. The molecule has 0 saturated heterocycles. The first-order valence-electron chi connectivity index (χ1n) is 6.76. The highest BCUT2D eigenvalue weighted by Gasteiger charge is 2.19. The number of rotatable bonds is 4. The Morgan fingerprint density at radius 3 is 2.57 bits per heavy atom. The lowest BCUT2D eigenvalue weighted by Gasteiger charge is -2.07. The zero-order valence-corrected chi connectivity index (χ0v) is 13.9. The maximum Gasteiger partial charge on any atom is 0.339 e. The van der Waals surface area contributed by atoms with Crippen LogP contribution in [0.15, 0.2) is 53.4 Å². The Balaban J connectivity index is 1.80. The quantitative estimate of drug-likeness (QED) is 0.678. The Kier molecular flexibility index (Phi) is 4.14. The summed E-state index contributed by atoms with van der Waals surface area (Å²) >= 11 is 1.44. The summed E-state index contributed by atoms with van der Waals surface area (Å²) in [6.07, 6.45) is 1.06. The minimum atomic E-state index is -3.50. The van der Waals surface area contributed by atoms with Crippen molar-refractivity contribution in [3.63, 3.8) is 0 Å². The highest BCUT2D eigenvalue weighted by molar-refractivity contribution is 7.90. The van der Waals surface area contributed by atoms with E-state index in [4.69, 9.17) is 4.74 Å². The predicted octanol–water partition coefficient (Wildman–Crippen LogP) is 3.06. The van der Waals surface area contributed by atoms with Gasteiger partial charge in [0.2, 0.25) is 0 Å². The zero-order chi connectivity index (χ0) is 16.4. The standard InChI is InChI=1S/C16H13NO4S2/c1-23(19,20)14-9-5-2-6-11(14)16(18)21-10-15-17-12-7-3-4-8-13(12)22-15/h2-9H,10H2,1H3. The number of para-hydroxylation sites is 1. The first-order chi connectivity index (χ1) is 10.9. The molecule has 2 aromatic carbocycles. The number of carbonyl (C=O) groups excluding carboxylic acids is 1. The molecule has 0 radical (unpaired) electrons. The summed E-state index contributed by atoms with van der Waals surface area (Å²) in [5.41, 5.74) is 0.885. The fourth-order valence-corrected chi connectivity index (χ4v) is 3.90. The van der Waals surface area contributed by atoms with Gasteiger partial charge in [0, 0.05) is 6.26 Å². The third-order valence-corrected chi connectivity index (χ3v) is 5.34. The zero-order valence-electron chi connectivity index (χ0n) is 12.2. The number of hydrogen-bond donors (Lipinski definition) is 0. The van der Waals surface area contributed by atoms with Crippen molar-refractivity contribution in [2.45, 2.75) is 11.5 Å². The number of carbonyl (C=O) groups is 1. The normalized spacial score (nSPS) is 11.5. The van der Waals surface area contributed by atoms with Crippen LogP contribution in [0.3, 0.4) is 0 Å². The molecule has 0 aliphatic rings. The summed E-state index contributed by atoms with van der Waals surface area (Å²) in [5.74, 6) is -0.676. The lowest BCUT2D eigenvalue weighted by molar-refractivity contribution is 0.0468. The molecular formula is C16H13NO4S2. The molecule has 23 heavy (non-hydrogen) atoms. The van der Waals surface area contributed by atoms with Gasteiger partial charge in [0.25, 0.3) is 0 Å². The van der Waals surface area contributed by atoms with E-state index in [1.165, 1.54) is 23.5 Å². The number of nitrogens with zero attached hydrogens (tertiary/aromatic N) is 1. The summed E-state index contributed by atoms with van der Waals surface area (Å²) in [7, 11) is -3.50. The van der Waals surface area contributed by atoms with Gasteiger partial charge in [0.1, 0.15) is 11.6 Å². The van der Waals surface area contributed by atoms with E-state index in [1.54, 1.807) is 12.1 Å². The molecule has 0 atom stereocenters. The molecule has 0 aliphatic carbocycles. The molecular weight excluding hydrogens is 334 g/mol. The van der Waals surface area contributed by atoms with E-state index < -0.39 is 15.8 Å².